The van der Waals surface area contributed by atoms with Crippen LogP contribution in [-0.2, 0) is 4.79 Å². The number of nitrogens with one attached hydrogen (secondary N) is 2. The van der Waals surface area contributed by atoms with Crippen molar-refractivity contribution in [1.29, 1.82) is 0 Å². The highest BCUT2D eigenvalue weighted by Crippen LogP contribution is 2.49. The van der Waals surface area contributed by atoms with Crippen LogP contribution in [0.3, 0.4) is 0 Å². The Hall–Kier alpha value is -0.570. The standard InChI is InChI=1S/C15H26N2O/c1-10(14-9-11-2-3-13(14)8-11)17-15(18)12-4-6-16-7-5-12/h10-14,16H,2-9H2,1H3,(H,17,18). The van der Waals surface area contributed by atoms with Crippen LogP contribution in [0.15, 0.2) is 0 Å². The van der Waals surface area contributed by atoms with E-state index < -0.39 is 0 Å². The van der Waals surface area contributed by atoms with E-state index in [1.165, 1.54) is 25.7 Å². The lowest BCUT2D eigenvalue weighted by Crippen LogP contribution is -2.45. The summed E-state index contributed by atoms with van der Waals surface area (Å²) in [6, 6.07) is 0.391. The van der Waals surface area contributed by atoms with Crippen LogP contribution >= 0.6 is 0 Å². The van der Waals surface area contributed by atoms with Gasteiger partial charge in [0, 0.05) is 12.0 Å². The fourth-order valence-corrected chi connectivity index (χ4v) is 4.44. The zero-order chi connectivity index (χ0) is 12.5. The zero-order valence-electron chi connectivity index (χ0n) is 11.5. The quantitative estimate of drug-likeness (QED) is 0.803. The number of carbonyl (C=O) groups excluding carboxylic acids is 1. The smallest absolute Gasteiger partial charge is 0.223 e. The SMILES string of the molecule is CC(NC(=O)C1CCNCC1)C1CC2CCC1C2. The molecule has 0 aromatic rings. The Morgan fingerprint density at radius 1 is 1.17 bits per heavy atom. The van der Waals surface area contributed by atoms with Crippen molar-refractivity contribution in [3.05, 3.63) is 0 Å². The molecule has 1 aliphatic heterocycles. The van der Waals surface area contributed by atoms with Crippen molar-refractivity contribution in [1.82, 2.24) is 10.6 Å². The second kappa shape index (κ2) is 5.20. The molecule has 0 radical (unpaired) electrons. The minimum absolute atomic E-state index is 0.257. The molecule has 1 heterocycles. The molecule has 2 saturated carbocycles. The molecule has 4 atom stereocenters. The molecule has 18 heavy (non-hydrogen) atoms. The molecule has 2 N–H and O–H groups in total. The number of fused-ring (bicyclic) bond motifs is 2. The summed E-state index contributed by atoms with van der Waals surface area (Å²) < 4.78 is 0. The zero-order valence-corrected chi connectivity index (χ0v) is 11.5. The van der Waals surface area contributed by atoms with Crippen molar-refractivity contribution in [2.45, 2.75) is 51.5 Å². The molecule has 2 bridgehead atoms. The molecule has 4 unspecified atom stereocenters. The number of piperidine rings is 1. The van der Waals surface area contributed by atoms with Crippen molar-refractivity contribution < 1.29 is 4.79 Å². The molecule has 0 spiro atoms. The maximum absolute atomic E-state index is 12.2. The van der Waals surface area contributed by atoms with Gasteiger partial charge in [-0.05, 0) is 69.9 Å². The van der Waals surface area contributed by atoms with Gasteiger partial charge >= 0.3 is 0 Å². The first-order valence-electron chi connectivity index (χ1n) is 7.75. The fraction of sp³-hybridized carbons (Fsp3) is 0.933. The molecule has 1 saturated heterocycles. The molecule has 102 valence electrons. The van der Waals surface area contributed by atoms with E-state index in [4.69, 9.17) is 0 Å². The van der Waals surface area contributed by atoms with E-state index in [0.29, 0.717) is 11.9 Å². The first-order valence-corrected chi connectivity index (χ1v) is 7.75. The summed E-state index contributed by atoms with van der Waals surface area (Å²) in [4.78, 5) is 12.2. The van der Waals surface area contributed by atoms with E-state index in [0.717, 1.165) is 43.7 Å². The highest BCUT2D eigenvalue weighted by molar-refractivity contribution is 5.79. The van der Waals surface area contributed by atoms with Crippen LogP contribution in [0.5, 0.6) is 0 Å². The molecule has 2 aliphatic carbocycles. The van der Waals surface area contributed by atoms with Crippen LogP contribution in [0.1, 0.15) is 45.4 Å². The van der Waals surface area contributed by atoms with Gasteiger partial charge < -0.3 is 10.6 Å². The van der Waals surface area contributed by atoms with Crippen LogP contribution in [0.2, 0.25) is 0 Å². The summed E-state index contributed by atoms with van der Waals surface area (Å²) in [5.74, 6) is 3.20. The van der Waals surface area contributed by atoms with Gasteiger partial charge in [0.15, 0.2) is 0 Å². The molecule has 1 amide bonds. The Labute approximate surface area is 110 Å². The summed E-state index contributed by atoms with van der Waals surface area (Å²) in [5, 5.41) is 6.63. The van der Waals surface area contributed by atoms with E-state index >= 15 is 0 Å². The highest BCUT2D eigenvalue weighted by Gasteiger charge is 2.42. The first kappa shape index (κ1) is 12.5. The van der Waals surface area contributed by atoms with Gasteiger partial charge in [-0.2, -0.15) is 0 Å². The number of amides is 1. The Balaban J connectivity index is 1.51. The number of hydrogen-bond donors (Lipinski definition) is 2. The Kier molecular flexibility index (Phi) is 3.60. The monoisotopic (exact) mass is 250 g/mol. The van der Waals surface area contributed by atoms with Gasteiger partial charge in [-0.15, -0.1) is 0 Å². The summed E-state index contributed by atoms with van der Waals surface area (Å²) >= 11 is 0. The van der Waals surface area contributed by atoms with Crippen LogP contribution < -0.4 is 10.6 Å². The lowest BCUT2D eigenvalue weighted by molar-refractivity contribution is -0.126. The van der Waals surface area contributed by atoms with Crippen LogP contribution in [0, 0.1) is 23.7 Å². The van der Waals surface area contributed by atoms with E-state index in [1.807, 2.05) is 0 Å². The number of carbonyl (C=O) groups is 1. The molecular weight excluding hydrogens is 224 g/mol. The summed E-state index contributed by atoms with van der Waals surface area (Å²) in [7, 11) is 0. The average Bonchev–Trinajstić information content (AvgIpc) is 3.02. The number of rotatable bonds is 3. The van der Waals surface area contributed by atoms with Crippen molar-refractivity contribution in [2.75, 3.05) is 13.1 Å². The average molecular weight is 250 g/mol. The van der Waals surface area contributed by atoms with Crippen molar-refractivity contribution in [3.8, 4) is 0 Å². The molecule has 3 heteroatoms. The molecule has 3 fully saturated rings. The number of hydrogen-bond acceptors (Lipinski definition) is 2. The van der Waals surface area contributed by atoms with Gasteiger partial charge in [-0.3, -0.25) is 4.79 Å². The normalized spacial score (nSPS) is 37.7. The molecule has 0 aromatic carbocycles. The van der Waals surface area contributed by atoms with E-state index in [2.05, 4.69) is 17.6 Å². The lowest BCUT2D eigenvalue weighted by Gasteiger charge is -2.30. The van der Waals surface area contributed by atoms with E-state index in [-0.39, 0.29) is 5.92 Å². The summed E-state index contributed by atoms with van der Waals surface area (Å²) in [6.45, 7) is 4.23. The maximum atomic E-state index is 12.2. The second-order valence-corrected chi connectivity index (χ2v) is 6.66. The topological polar surface area (TPSA) is 41.1 Å². The van der Waals surface area contributed by atoms with Gasteiger partial charge in [0.05, 0.1) is 0 Å². The van der Waals surface area contributed by atoms with Crippen molar-refractivity contribution in [3.63, 3.8) is 0 Å². The van der Waals surface area contributed by atoms with Crippen LogP contribution in [0.25, 0.3) is 0 Å². The first-order chi connectivity index (χ1) is 8.74. The van der Waals surface area contributed by atoms with Crippen LogP contribution in [-0.4, -0.2) is 25.0 Å². The predicted octanol–water partition coefficient (Wildman–Crippen LogP) is 1.93. The minimum Gasteiger partial charge on any atom is -0.353 e. The van der Waals surface area contributed by atoms with Crippen LogP contribution in [0.4, 0.5) is 0 Å². The van der Waals surface area contributed by atoms with Gasteiger partial charge in [0.2, 0.25) is 5.91 Å². The predicted molar refractivity (Wildman–Crippen MR) is 72.1 cm³/mol. The molecule has 3 aliphatic rings. The largest absolute Gasteiger partial charge is 0.353 e. The third kappa shape index (κ3) is 2.42. The Morgan fingerprint density at radius 3 is 2.56 bits per heavy atom. The van der Waals surface area contributed by atoms with Gasteiger partial charge in [-0.25, -0.2) is 0 Å². The second-order valence-electron chi connectivity index (χ2n) is 6.66. The van der Waals surface area contributed by atoms with Crippen molar-refractivity contribution >= 4 is 5.91 Å². The molecule has 3 nitrogen and oxygen atoms in total. The Morgan fingerprint density at radius 2 is 1.94 bits per heavy atom. The summed E-state index contributed by atoms with van der Waals surface area (Å²) in [6.07, 6.45) is 7.65. The lowest BCUT2D eigenvalue weighted by atomic mass is 9.83. The third-order valence-corrected chi connectivity index (χ3v) is 5.51. The summed E-state index contributed by atoms with van der Waals surface area (Å²) in [5.41, 5.74) is 0. The van der Waals surface area contributed by atoms with Gasteiger partial charge in [0.1, 0.15) is 0 Å². The fourth-order valence-electron chi connectivity index (χ4n) is 4.44. The molecule has 3 rings (SSSR count). The highest BCUT2D eigenvalue weighted by atomic mass is 16.1. The maximum Gasteiger partial charge on any atom is 0.223 e. The Bertz CT molecular complexity index is 312. The van der Waals surface area contributed by atoms with E-state index in [1.54, 1.807) is 0 Å². The van der Waals surface area contributed by atoms with Gasteiger partial charge in [0.25, 0.3) is 0 Å². The van der Waals surface area contributed by atoms with E-state index in [9.17, 15) is 4.79 Å². The third-order valence-electron chi connectivity index (χ3n) is 5.51. The molecular formula is C15H26N2O. The van der Waals surface area contributed by atoms with Gasteiger partial charge in [-0.1, -0.05) is 6.42 Å². The minimum atomic E-state index is 0.257. The molecule has 0 aromatic heterocycles. The van der Waals surface area contributed by atoms with Crippen molar-refractivity contribution in [2.24, 2.45) is 23.7 Å².